The Morgan fingerprint density at radius 1 is 1.71 bits per heavy atom. The van der Waals surface area contributed by atoms with Gasteiger partial charge in [0, 0.05) is 20.1 Å². The molecule has 0 saturated carbocycles. The molecule has 1 rings (SSSR count). The Bertz CT molecular complexity index is 254. The van der Waals surface area contributed by atoms with Crippen LogP contribution in [0, 0.1) is 0 Å². The van der Waals surface area contributed by atoms with Crippen molar-refractivity contribution in [3.8, 4) is 0 Å². The third-order valence-corrected chi connectivity index (χ3v) is 2.38. The fraction of sp³-hybridized carbons (Fsp3) is 0.778. The maximum Gasteiger partial charge on any atom is 0.335 e. The van der Waals surface area contributed by atoms with Gasteiger partial charge in [0.15, 0.2) is 5.54 Å². The van der Waals surface area contributed by atoms with Gasteiger partial charge in [-0.2, -0.15) is 0 Å². The topological polar surface area (TPSA) is 58.6 Å². The van der Waals surface area contributed by atoms with Crippen molar-refractivity contribution in [2.45, 2.75) is 19.4 Å². The van der Waals surface area contributed by atoms with Gasteiger partial charge in [0.1, 0.15) is 0 Å². The second kappa shape index (κ2) is 3.96. The summed E-state index contributed by atoms with van der Waals surface area (Å²) in [5, 5.41) is 2.89. The van der Waals surface area contributed by atoms with Crippen molar-refractivity contribution in [2.75, 3.05) is 26.7 Å². The van der Waals surface area contributed by atoms with Crippen LogP contribution in [0.5, 0.6) is 0 Å². The lowest BCUT2D eigenvalue weighted by Crippen LogP contribution is -2.66. The second-order valence-electron chi connectivity index (χ2n) is 3.50. The molecule has 1 unspecified atom stereocenters. The highest BCUT2D eigenvalue weighted by molar-refractivity contribution is 6.07. The van der Waals surface area contributed by atoms with Gasteiger partial charge in [0.2, 0.25) is 0 Å². The highest BCUT2D eigenvalue weighted by atomic mass is 16.5. The first-order valence-electron chi connectivity index (χ1n) is 4.70. The van der Waals surface area contributed by atoms with Crippen molar-refractivity contribution in [1.29, 1.82) is 0 Å². The van der Waals surface area contributed by atoms with Crippen LogP contribution in [-0.4, -0.2) is 49.1 Å². The summed E-state index contributed by atoms with van der Waals surface area (Å²) in [7, 11) is 1.68. The lowest BCUT2D eigenvalue weighted by Gasteiger charge is -2.36. The van der Waals surface area contributed by atoms with Crippen molar-refractivity contribution in [3.05, 3.63) is 0 Å². The summed E-state index contributed by atoms with van der Waals surface area (Å²) in [4.78, 5) is 24.8. The Labute approximate surface area is 83.4 Å². The average molecular weight is 200 g/mol. The molecule has 1 fully saturated rings. The standard InChI is InChI=1S/C9H16N2O3/c1-4-14-8(13)9(2)7(12)11(3)6-5-10-9/h10H,4-6H2,1-3H3. The Kier molecular flexibility index (Phi) is 3.10. The summed E-state index contributed by atoms with van der Waals surface area (Å²) >= 11 is 0. The SMILES string of the molecule is CCOC(=O)C1(C)NCCN(C)C1=O. The first-order valence-corrected chi connectivity index (χ1v) is 4.70. The zero-order valence-corrected chi connectivity index (χ0v) is 8.79. The smallest absolute Gasteiger partial charge is 0.335 e. The highest BCUT2D eigenvalue weighted by Crippen LogP contribution is 2.13. The molecule has 0 spiro atoms. The molecule has 80 valence electrons. The first-order chi connectivity index (χ1) is 6.52. The van der Waals surface area contributed by atoms with E-state index in [-0.39, 0.29) is 12.5 Å². The highest BCUT2D eigenvalue weighted by Gasteiger charge is 2.46. The van der Waals surface area contributed by atoms with Crippen LogP contribution in [0.25, 0.3) is 0 Å². The van der Waals surface area contributed by atoms with Crippen LogP contribution in [0.15, 0.2) is 0 Å². The Morgan fingerprint density at radius 3 is 2.93 bits per heavy atom. The van der Waals surface area contributed by atoms with E-state index in [9.17, 15) is 9.59 Å². The van der Waals surface area contributed by atoms with E-state index in [0.29, 0.717) is 13.1 Å². The number of nitrogens with one attached hydrogen (secondary N) is 1. The van der Waals surface area contributed by atoms with E-state index < -0.39 is 11.5 Å². The van der Waals surface area contributed by atoms with Gasteiger partial charge in [-0.3, -0.25) is 10.1 Å². The minimum absolute atomic E-state index is 0.234. The predicted molar refractivity (Wildman–Crippen MR) is 50.7 cm³/mol. The molecular weight excluding hydrogens is 184 g/mol. The number of likely N-dealkylation sites (N-methyl/N-ethyl adjacent to an activating group) is 1. The van der Waals surface area contributed by atoms with Crippen LogP contribution in [0.4, 0.5) is 0 Å². The van der Waals surface area contributed by atoms with E-state index in [1.54, 1.807) is 20.9 Å². The van der Waals surface area contributed by atoms with Crippen molar-refractivity contribution in [1.82, 2.24) is 10.2 Å². The molecule has 1 aliphatic heterocycles. The normalized spacial score (nSPS) is 27.6. The van der Waals surface area contributed by atoms with Crippen LogP contribution in [0.1, 0.15) is 13.8 Å². The van der Waals surface area contributed by atoms with Gasteiger partial charge < -0.3 is 9.64 Å². The second-order valence-corrected chi connectivity index (χ2v) is 3.50. The number of amides is 1. The molecule has 1 N–H and O–H groups in total. The van der Waals surface area contributed by atoms with Gasteiger partial charge in [0.05, 0.1) is 6.61 Å². The number of esters is 1. The Morgan fingerprint density at radius 2 is 2.36 bits per heavy atom. The molecule has 0 aromatic heterocycles. The van der Waals surface area contributed by atoms with E-state index in [1.165, 1.54) is 4.90 Å². The molecule has 14 heavy (non-hydrogen) atoms. The molecular formula is C9H16N2O3. The molecule has 1 saturated heterocycles. The molecule has 0 aromatic rings. The van der Waals surface area contributed by atoms with Crippen molar-refractivity contribution in [3.63, 3.8) is 0 Å². The molecule has 1 atom stereocenters. The van der Waals surface area contributed by atoms with Crippen LogP contribution in [-0.2, 0) is 14.3 Å². The van der Waals surface area contributed by atoms with Crippen LogP contribution in [0.2, 0.25) is 0 Å². The molecule has 1 heterocycles. The Balaban J connectivity index is 2.80. The summed E-state index contributed by atoms with van der Waals surface area (Å²) in [6, 6.07) is 0. The number of carbonyl (C=O) groups excluding carboxylic acids is 2. The van der Waals surface area contributed by atoms with Crippen LogP contribution in [0.3, 0.4) is 0 Å². The van der Waals surface area contributed by atoms with Crippen molar-refractivity contribution < 1.29 is 14.3 Å². The fourth-order valence-corrected chi connectivity index (χ4v) is 1.47. The van der Waals surface area contributed by atoms with E-state index >= 15 is 0 Å². The van der Waals surface area contributed by atoms with E-state index in [4.69, 9.17) is 4.74 Å². The number of rotatable bonds is 2. The van der Waals surface area contributed by atoms with Gasteiger partial charge in [0.25, 0.3) is 5.91 Å². The zero-order valence-electron chi connectivity index (χ0n) is 8.79. The first kappa shape index (κ1) is 11.0. The largest absolute Gasteiger partial charge is 0.464 e. The summed E-state index contributed by atoms with van der Waals surface area (Å²) in [5.74, 6) is -0.737. The third kappa shape index (κ3) is 1.72. The molecule has 0 radical (unpaired) electrons. The van der Waals surface area contributed by atoms with Gasteiger partial charge in [-0.1, -0.05) is 0 Å². The molecule has 0 bridgehead atoms. The van der Waals surface area contributed by atoms with Crippen molar-refractivity contribution in [2.24, 2.45) is 0 Å². The minimum atomic E-state index is -1.21. The molecule has 5 heteroatoms. The quantitative estimate of drug-likeness (QED) is 0.476. The number of hydrogen-bond donors (Lipinski definition) is 1. The van der Waals surface area contributed by atoms with Gasteiger partial charge in [-0.05, 0) is 13.8 Å². The number of carbonyl (C=O) groups is 2. The van der Waals surface area contributed by atoms with Gasteiger partial charge >= 0.3 is 5.97 Å². The van der Waals surface area contributed by atoms with Crippen molar-refractivity contribution >= 4 is 11.9 Å². The van der Waals surface area contributed by atoms with Gasteiger partial charge in [-0.25, -0.2) is 4.79 Å². The molecule has 1 aliphatic rings. The zero-order chi connectivity index (χ0) is 10.8. The number of hydrogen-bond acceptors (Lipinski definition) is 4. The number of ether oxygens (including phenoxy) is 1. The van der Waals surface area contributed by atoms with Crippen LogP contribution >= 0.6 is 0 Å². The molecule has 5 nitrogen and oxygen atoms in total. The molecule has 0 aliphatic carbocycles. The Hall–Kier alpha value is -1.10. The summed E-state index contributed by atoms with van der Waals surface area (Å²) in [6.45, 7) is 4.79. The number of nitrogens with zero attached hydrogens (tertiary/aromatic N) is 1. The monoisotopic (exact) mass is 200 g/mol. The summed E-state index contributed by atoms with van der Waals surface area (Å²) in [6.07, 6.45) is 0. The average Bonchev–Trinajstić information content (AvgIpc) is 2.14. The molecule has 1 amide bonds. The van der Waals surface area contributed by atoms with E-state index in [2.05, 4.69) is 5.32 Å². The lowest BCUT2D eigenvalue weighted by atomic mass is 9.98. The van der Waals surface area contributed by atoms with E-state index in [0.717, 1.165) is 0 Å². The lowest BCUT2D eigenvalue weighted by molar-refractivity contribution is -0.160. The predicted octanol–water partition coefficient (Wildman–Crippen LogP) is -0.630. The summed E-state index contributed by atoms with van der Waals surface area (Å²) < 4.78 is 4.85. The number of piperazine rings is 1. The van der Waals surface area contributed by atoms with Crippen LogP contribution < -0.4 is 5.32 Å². The van der Waals surface area contributed by atoms with E-state index in [1.807, 2.05) is 0 Å². The fourth-order valence-electron chi connectivity index (χ4n) is 1.47. The van der Waals surface area contributed by atoms with Gasteiger partial charge in [-0.15, -0.1) is 0 Å². The maximum atomic E-state index is 11.7. The maximum absolute atomic E-state index is 11.7. The minimum Gasteiger partial charge on any atom is -0.464 e. The molecule has 0 aromatic carbocycles. The summed E-state index contributed by atoms with van der Waals surface area (Å²) in [5.41, 5.74) is -1.21. The third-order valence-electron chi connectivity index (χ3n) is 2.38.